The van der Waals surface area contributed by atoms with E-state index < -0.39 is 36.9 Å². The lowest BCUT2D eigenvalue weighted by Crippen LogP contribution is -2.55. The van der Waals surface area contributed by atoms with Crippen LogP contribution in [0.4, 0.5) is 0 Å². The molecule has 0 unspecified atom stereocenters. The van der Waals surface area contributed by atoms with E-state index in [2.05, 4.69) is 14.8 Å². The van der Waals surface area contributed by atoms with Gasteiger partial charge in [-0.1, -0.05) is 5.11 Å². The van der Waals surface area contributed by atoms with Crippen LogP contribution in [0.1, 0.15) is 0 Å². The van der Waals surface area contributed by atoms with Crippen molar-refractivity contribution in [1.29, 1.82) is 0 Å². The van der Waals surface area contributed by atoms with Crippen LogP contribution in [0.3, 0.4) is 0 Å². The molecule has 0 radical (unpaired) electrons. The van der Waals surface area contributed by atoms with Crippen LogP contribution >= 0.6 is 0 Å². The van der Waals surface area contributed by atoms with Crippen LogP contribution in [0.15, 0.2) is 5.11 Å². The number of rotatable bonds is 2. The van der Waals surface area contributed by atoms with Crippen molar-refractivity contribution in [1.82, 2.24) is 0 Å². The Kier molecular flexibility index (Phi) is 3.26. The van der Waals surface area contributed by atoms with Gasteiger partial charge in [0.15, 0.2) is 12.2 Å². The van der Waals surface area contributed by atoms with E-state index >= 15 is 0 Å². The molecule has 0 amide bonds. The van der Waals surface area contributed by atoms with E-state index in [-0.39, 0.29) is 0 Å². The zero-order valence-corrected chi connectivity index (χ0v) is 7.02. The lowest BCUT2D eigenvalue weighted by atomic mass is 9.98. The largest absolute Gasteiger partial charge is 0.455 e. The number of nitrogens with zero attached hydrogens (tertiary/aromatic N) is 3. The van der Waals surface area contributed by atoms with Crippen LogP contribution in [-0.4, -0.2) is 52.2 Å². The second-order valence-corrected chi connectivity index (χ2v) is 2.79. The number of aliphatic hydroxyl groups excluding tert-OH is 3. The number of hydrogen-bond acceptors (Lipinski definition) is 6. The third-order valence-electron chi connectivity index (χ3n) is 1.93. The summed E-state index contributed by atoms with van der Waals surface area (Å²) in [6.45, 7) is -0.600. The number of esters is 1. The summed E-state index contributed by atoms with van der Waals surface area (Å²) in [5, 5.41) is 30.3. The maximum Gasteiger partial charge on any atom is 0.335 e. The average molecular weight is 203 g/mol. The summed E-state index contributed by atoms with van der Waals surface area (Å²) in [7, 11) is 0. The first-order chi connectivity index (χ1) is 6.61. The molecule has 1 aliphatic heterocycles. The smallest absolute Gasteiger partial charge is 0.335 e. The molecular weight excluding hydrogens is 194 g/mol. The first kappa shape index (κ1) is 10.7. The van der Waals surface area contributed by atoms with Crippen LogP contribution in [0.5, 0.6) is 0 Å². The molecule has 14 heavy (non-hydrogen) atoms. The quantitative estimate of drug-likeness (QED) is 0.213. The van der Waals surface area contributed by atoms with Crippen molar-refractivity contribution in [3.8, 4) is 0 Å². The molecule has 1 rings (SSSR count). The first-order valence-corrected chi connectivity index (χ1v) is 3.83. The van der Waals surface area contributed by atoms with E-state index in [1.54, 1.807) is 0 Å². The molecule has 0 aliphatic carbocycles. The standard InChI is InChI=1S/C6H9N3O5/c7-9-8-3-4(11)2(1-10)14-6(13)5(3)12/h2-5,10-12H,1H2/t2-,3+,4-,5-/m1/s1. The maximum absolute atomic E-state index is 10.9. The van der Waals surface area contributed by atoms with Gasteiger partial charge in [-0.2, -0.15) is 0 Å². The van der Waals surface area contributed by atoms with Crippen LogP contribution < -0.4 is 0 Å². The minimum atomic E-state index is -1.69. The van der Waals surface area contributed by atoms with E-state index in [4.69, 9.17) is 10.6 Å². The normalized spacial score (nSPS) is 37.2. The molecule has 0 aromatic rings. The Balaban J connectivity index is 2.88. The lowest BCUT2D eigenvalue weighted by Gasteiger charge is -2.33. The molecule has 0 aromatic heterocycles. The van der Waals surface area contributed by atoms with Crippen molar-refractivity contribution >= 4 is 5.97 Å². The van der Waals surface area contributed by atoms with Gasteiger partial charge in [0.25, 0.3) is 0 Å². The molecule has 8 heteroatoms. The SMILES string of the molecule is [N-]=[N+]=N[C@H]1[C@H](O)[C@@H](CO)OC(=O)[C@@H]1O. The summed E-state index contributed by atoms with van der Waals surface area (Å²) in [6.07, 6.45) is -4.26. The van der Waals surface area contributed by atoms with Crippen molar-refractivity contribution in [3.05, 3.63) is 10.4 Å². The second-order valence-electron chi connectivity index (χ2n) is 2.79. The van der Waals surface area contributed by atoms with Crippen molar-refractivity contribution in [3.63, 3.8) is 0 Å². The number of aliphatic hydroxyl groups is 3. The zero-order valence-electron chi connectivity index (χ0n) is 7.02. The molecule has 1 heterocycles. The van der Waals surface area contributed by atoms with E-state index in [1.165, 1.54) is 0 Å². The van der Waals surface area contributed by atoms with Gasteiger partial charge in [-0.05, 0) is 5.53 Å². The number of carbonyl (C=O) groups excluding carboxylic acids is 1. The minimum absolute atomic E-state index is 0.600. The number of azide groups is 1. The van der Waals surface area contributed by atoms with Gasteiger partial charge in [0, 0.05) is 4.91 Å². The predicted molar refractivity (Wildman–Crippen MR) is 41.9 cm³/mol. The zero-order chi connectivity index (χ0) is 10.7. The topological polar surface area (TPSA) is 136 Å². The van der Waals surface area contributed by atoms with Gasteiger partial charge >= 0.3 is 5.97 Å². The van der Waals surface area contributed by atoms with Crippen LogP contribution in [0, 0.1) is 0 Å². The van der Waals surface area contributed by atoms with Crippen LogP contribution in [-0.2, 0) is 9.53 Å². The molecule has 1 aliphatic rings. The predicted octanol–water partition coefficient (Wildman–Crippen LogP) is -1.70. The summed E-state index contributed by atoms with van der Waals surface area (Å²) in [5.41, 5.74) is 8.12. The second kappa shape index (κ2) is 4.25. The fourth-order valence-electron chi connectivity index (χ4n) is 1.17. The Hall–Kier alpha value is -1.34. The molecule has 1 fully saturated rings. The summed E-state index contributed by atoms with van der Waals surface area (Å²) in [5.74, 6) is -1.02. The highest BCUT2D eigenvalue weighted by molar-refractivity contribution is 5.76. The molecule has 0 bridgehead atoms. The summed E-state index contributed by atoms with van der Waals surface area (Å²) < 4.78 is 4.46. The summed E-state index contributed by atoms with van der Waals surface area (Å²) in [4.78, 5) is 13.3. The van der Waals surface area contributed by atoms with Gasteiger partial charge in [0.1, 0.15) is 12.1 Å². The Bertz CT molecular complexity index is 277. The maximum atomic E-state index is 10.9. The van der Waals surface area contributed by atoms with Crippen molar-refractivity contribution in [2.24, 2.45) is 5.11 Å². The van der Waals surface area contributed by atoms with Crippen molar-refractivity contribution in [2.45, 2.75) is 24.4 Å². The van der Waals surface area contributed by atoms with E-state index in [9.17, 15) is 15.0 Å². The molecule has 0 saturated carbocycles. The molecule has 0 spiro atoms. The Morgan fingerprint density at radius 3 is 2.71 bits per heavy atom. The number of cyclic esters (lactones) is 1. The molecule has 8 nitrogen and oxygen atoms in total. The Labute approximate surface area is 78.3 Å². The molecule has 3 N–H and O–H groups in total. The van der Waals surface area contributed by atoms with Crippen molar-refractivity contribution in [2.75, 3.05) is 6.61 Å². The van der Waals surface area contributed by atoms with E-state index in [1.807, 2.05) is 0 Å². The Morgan fingerprint density at radius 2 is 2.21 bits per heavy atom. The fraction of sp³-hybridized carbons (Fsp3) is 0.833. The number of ether oxygens (including phenoxy) is 1. The summed E-state index contributed by atoms with van der Waals surface area (Å²) >= 11 is 0. The first-order valence-electron chi connectivity index (χ1n) is 3.83. The van der Waals surface area contributed by atoms with Gasteiger partial charge in [-0.3, -0.25) is 0 Å². The highest BCUT2D eigenvalue weighted by Crippen LogP contribution is 2.19. The van der Waals surface area contributed by atoms with Gasteiger partial charge < -0.3 is 20.1 Å². The molecule has 1 saturated heterocycles. The highest BCUT2D eigenvalue weighted by Gasteiger charge is 2.43. The van der Waals surface area contributed by atoms with Gasteiger partial charge in [0.05, 0.1) is 6.61 Å². The van der Waals surface area contributed by atoms with E-state index in [0.29, 0.717) is 0 Å². The molecule has 78 valence electrons. The number of carbonyl (C=O) groups is 1. The highest BCUT2D eigenvalue weighted by atomic mass is 16.6. The number of hydrogen-bond donors (Lipinski definition) is 3. The van der Waals surface area contributed by atoms with Crippen LogP contribution in [0.25, 0.3) is 10.4 Å². The van der Waals surface area contributed by atoms with Gasteiger partial charge in [-0.25, -0.2) is 4.79 Å². The third-order valence-corrected chi connectivity index (χ3v) is 1.93. The van der Waals surface area contributed by atoms with Crippen molar-refractivity contribution < 1.29 is 24.9 Å². The van der Waals surface area contributed by atoms with Gasteiger partial charge in [0.2, 0.25) is 0 Å². The van der Waals surface area contributed by atoms with Gasteiger partial charge in [-0.15, -0.1) is 0 Å². The minimum Gasteiger partial charge on any atom is -0.455 e. The monoisotopic (exact) mass is 203 g/mol. The average Bonchev–Trinajstić information content (AvgIpc) is 2.18. The summed E-state index contributed by atoms with van der Waals surface area (Å²) in [6, 6.07) is -1.32. The van der Waals surface area contributed by atoms with Crippen LogP contribution in [0.2, 0.25) is 0 Å². The molecular formula is C6H9N3O5. The third kappa shape index (κ3) is 1.78. The Morgan fingerprint density at radius 1 is 1.57 bits per heavy atom. The lowest BCUT2D eigenvalue weighted by molar-refractivity contribution is -0.186. The van der Waals surface area contributed by atoms with E-state index in [0.717, 1.165) is 0 Å². The molecule has 0 aromatic carbocycles. The molecule has 4 atom stereocenters. The fourth-order valence-corrected chi connectivity index (χ4v) is 1.17.